The molecule has 0 spiro atoms. The Kier molecular flexibility index (Phi) is 7.33. The van der Waals surface area contributed by atoms with E-state index in [4.69, 9.17) is 10.5 Å². The van der Waals surface area contributed by atoms with Crippen molar-refractivity contribution in [2.24, 2.45) is 5.92 Å². The van der Waals surface area contributed by atoms with Crippen LogP contribution < -0.4 is 0 Å². The fourth-order valence-corrected chi connectivity index (χ4v) is 2.80. The summed E-state index contributed by atoms with van der Waals surface area (Å²) in [6, 6.07) is 14.8. The minimum Gasteiger partial charge on any atom is -0.299 e. The number of benzene rings is 1. The van der Waals surface area contributed by atoms with Gasteiger partial charge in [-0.2, -0.15) is 10.5 Å². The molecule has 0 N–H and O–H groups in total. The molecule has 0 amide bonds. The van der Waals surface area contributed by atoms with Crippen molar-refractivity contribution in [3.05, 3.63) is 42.0 Å². The molecule has 1 aromatic carbocycles. The number of hydrogen-bond donors (Lipinski definition) is 0. The minimum atomic E-state index is -0.0147. The summed E-state index contributed by atoms with van der Waals surface area (Å²) in [7, 11) is 0. The Morgan fingerprint density at radius 1 is 1.04 bits per heavy atom. The van der Waals surface area contributed by atoms with Crippen LogP contribution in [0.1, 0.15) is 18.4 Å². The average Bonchev–Trinajstić information content (AvgIpc) is 2.61. The first kappa shape index (κ1) is 17.2. The van der Waals surface area contributed by atoms with E-state index >= 15 is 0 Å². The normalized spacial score (nSPS) is 17.7. The largest absolute Gasteiger partial charge is 0.299 e. The van der Waals surface area contributed by atoms with E-state index in [2.05, 4.69) is 58.4 Å². The standard InChI is InChI=1S/C19H24N4/c20-10-4-8-19(16-21)17-23-14-12-22(13-15-23)11-5-9-18-6-2-1-3-7-18/h1-3,5-7,9,19H,4,8,11-15,17H2/b9-5+/t19-/m1/s1. The zero-order chi connectivity index (χ0) is 16.3. The van der Waals surface area contributed by atoms with Gasteiger partial charge in [0, 0.05) is 45.7 Å². The second-order valence-electron chi connectivity index (χ2n) is 5.94. The van der Waals surface area contributed by atoms with E-state index in [1.807, 2.05) is 6.07 Å². The van der Waals surface area contributed by atoms with Crippen LogP contribution in [0, 0.1) is 28.6 Å². The van der Waals surface area contributed by atoms with Crippen LogP contribution in [-0.4, -0.2) is 49.1 Å². The van der Waals surface area contributed by atoms with Crippen molar-refractivity contribution in [1.82, 2.24) is 9.80 Å². The molecular weight excluding hydrogens is 284 g/mol. The van der Waals surface area contributed by atoms with Crippen molar-refractivity contribution in [1.29, 1.82) is 10.5 Å². The smallest absolute Gasteiger partial charge is 0.0669 e. The Balaban J connectivity index is 1.69. The zero-order valence-corrected chi connectivity index (χ0v) is 13.6. The van der Waals surface area contributed by atoms with Gasteiger partial charge in [0.2, 0.25) is 0 Å². The summed E-state index contributed by atoms with van der Waals surface area (Å²) in [5.74, 6) is -0.0147. The first-order valence-electron chi connectivity index (χ1n) is 8.24. The summed E-state index contributed by atoms with van der Waals surface area (Å²) < 4.78 is 0. The van der Waals surface area contributed by atoms with E-state index in [1.165, 1.54) is 5.56 Å². The third kappa shape index (κ3) is 6.24. The molecule has 1 aliphatic rings. The first-order chi connectivity index (χ1) is 11.3. The van der Waals surface area contributed by atoms with Crippen molar-refractivity contribution < 1.29 is 0 Å². The highest BCUT2D eigenvalue weighted by atomic mass is 15.3. The lowest BCUT2D eigenvalue weighted by atomic mass is 10.0. The zero-order valence-electron chi connectivity index (χ0n) is 13.6. The van der Waals surface area contributed by atoms with Crippen molar-refractivity contribution in [3.8, 4) is 12.1 Å². The lowest BCUT2D eigenvalue weighted by Crippen LogP contribution is -2.47. The van der Waals surface area contributed by atoms with Gasteiger partial charge in [0.05, 0.1) is 18.1 Å². The van der Waals surface area contributed by atoms with E-state index in [9.17, 15) is 0 Å². The molecule has 1 aromatic rings. The molecule has 4 nitrogen and oxygen atoms in total. The Morgan fingerprint density at radius 3 is 2.39 bits per heavy atom. The number of nitriles is 2. The minimum absolute atomic E-state index is 0.0147. The summed E-state index contributed by atoms with van der Waals surface area (Å²) in [5.41, 5.74) is 1.24. The van der Waals surface area contributed by atoms with Crippen LogP contribution in [0.3, 0.4) is 0 Å². The monoisotopic (exact) mass is 308 g/mol. The molecule has 0 radical (unpaired) electrons. The summed E-state index contributed by atoms with van der Waals surface area (Å²) >= 11 is 0. The highest BCUT2D eigenvalue weighted by Gasteiger charge is 2.19. The Hall–Kier alpha value is -2.14. The van der Waals surface area contributed by atoms with E-state index in [0.29, 0.717) is 12.8 Å². The Bertz CT molecular complexity index is 559. The number of rotatable bonds is 7. The molecule has 1 saturated heterocycles. The molecule has 0 saturated carbocycles. The van der Waals surface area contributed by atoms with Crippen LogP contribution in [0.25, 0.3) is 6.08 Å². The maximum atomic E-state index is 9.15. The highest BCUT2D eigenvalue weighted by molar-refractivity contribution is 5.48. The first-order valence-corrected chi connectivity index (χ1v) is 8.24. The Morgan fingerprint density at radius 2 is 1.74 bits per heavy atom. The van der Waals surface area contributed by atoms with Gasteiger partial charge >= 0.3 is 0 Å². The van der Waals surface area contributed by atoms with Crippen LogP contribution in [0.4, 0.5) is 0 Å². The molecule has 1 heterocycles. The average molecular weight is 308 g/mol. The second kappa shape index (κ2) is 9.79. The van der Waals surface area contributed by atoms with E-state index in [-0.39, 0.29) is 5.92 Å². The molecule has 0 aromatic heterocycles. The maximum absolute atomic E-state index is 9.15. The van der Waals surface area contributed by atoms with Gasteiger partial charge in [-0.25, -0.2) is 0 Å². The summed E-state index contributed by atoms with van der Waals surface area (Å²) in [6.45, 7) is 5.85. The summed E-state index contributed by atoms with van der Waals surface area (Å²) in [6.07, 6.45) is 5.55. The van der Waals surface area contributed by atoms with Gasteiger partial charge in [0.25, 0.3) is 0 Å². The molecule has 1 aliphatic heterocycles. The second-order valence-corrected chi connectivity index (χ2v) is 5.94. The number of piperazine rings is 1. The summed E-state index contributed by atoms with van der Waals surface area (Å²) in [5, 5.41) is 17.8. The Labute approximate surface area is 139 Å². The number of hydrogen-bond acceptors (Lipinski definition) is 4. The van der Waals surface area contributed by atoms with Crippen LogP contribution in [0.2, 0.25) is 0 Å². The SMILES string of the molecule is N#CCC[C@H](C#N)CN1CCN(C/C=C/c2ccccc2)CC1. The molecule has 120 valence electrons. The lowest BCUT2D eigenvalue weighted by Gasteiger charge is -2.34. The topological polar surface area (TPSA) is 54.1 Å². The van der Waals surface area contributed by atoms with Crippen LogP contribution in [-0.2, 0) is 0 Å². The van der Waals surface area contributed by atoms with Crippen LogP contribution in [0.5, 0.6) is 0 Å². The van der Waals surface area contributed by atoms with Crippen molar-refractivity contribution in [2.75, 3.05) is 39.3 Å². The van der Waals surface area contributed by atoms with Crippen molar-refractivity contribution in [3.63, 3.8) is 0 Å². The molecule has 0 bridgehead atoms. The van der Waals surface area contributed by atoms with Gasteiger partial charge in [-0.15, -0.1) is 0 Å². The molecule has 0 aliphatic carbocycles. The number of nitrogens with zero attached hydrogens (tertiary/aromatic N) is 4. The van der Waals surface area contributed by atoms with Gasteiger partial charge < -0.3 is 0 Å². The fourth-order valence-electron chi connectivity index (χ4n) is 2.80. The lowest BCUT2D eigenvalue weighted by molar-refractivity contribution is 0.132. The molecule has 1 fully saturated rings. The highest BCUT2D eigenvalue weighted by Crippen LogP contribution is 2.10. The van der Waals surface area contributed by atoms with Gasteiger partial charge in [0.15, 0.2) is 0 Å². The molecule has 2 rings (SSSR count). The molecule has 0 unspecified atom stereocenters. The third-order valence-corrected chi connectivity index (χ3v) is 4.20. The predicted octanol–water partition coefficient (Wildman–Crippen LogP) is 2.76. The van der Waals surface area contributed by atoms with Crippen molar-refractivity contribution >= 4 is 6.08 Å². The van der Waals surface area contributed by atoms with Gasteiger partial charge in [-0.1, -0.05) is 42.5 Å². The fraction of sp³-hybridized carbons (Fsp3) is 0.474. The van der Waals surface area contributed by atoms with Crippen LogP contribution >= 0.6 is 0 Å². The van der Waals surface area contributed by atoms with Gasteiger partial charge in [-0.05, 0) is 12.0 Å². The maximum Gasteiger partial charge on any atom is 0.0669 e. The quantitative estimate of drug-likeness (QED) is 0.777. The molecular formula is C19H24N4. The van der Waals surface area contributed by atoms with E-state index in [0.717, 1.165) is 39.3 Å². The van der Waals surface area contributed by atoms with E-state index in [1.54, 1.807) is 0 Å². The third-order valence-electron chi connectivity index (χ3n) is 4.20. The van der Waals surface area contributed by atoms with Crippen LogP contribution in [0.15, 0.2) is 36.4 Å². The van der Waals surface area contributed by atoms with Gasteiger partial charge in [0.1, 0.15) is 0 Å². The van der Waals surface area contributed by atoms with E-state index < -0.39 is 0 Å². The predicted molar refractivity (Wildman–Crippen MR) is 92.3 cm³/mol. The molecule has 23 heavy (non-hydrogen) atoms. The molecule has 4 heteroatoms. The van der Waals surface area contributed by atoms with Gasteiger partial charge in [-0.3, -0.25) is 9.80 Å². The molecule has 1 atom stereocenters. The van der Waals surface area contributed by atoms with Crippen molar-refractivity contribution in [2.45, 2.75) is 12.8 Å². The summed E-state index contributed by atoms with van der Waals surface area (Å²) in [4.78, 5) is 4.79.